The minimum Gasteiger partial charge on any atom is -0.478 e. The predicted octanol–water partition coefficient (Wildman–Crippen LogP) is 1.33. The summed E-state index contributed by atoms with van der Waals surface area (Å²) in [5.74, 6) is -3.86. The second kappa shape index (κ2) is 4.37. The van der Waals surface area contributed by atoms with E-state index in [9.17, 15) is 14.4 Å². The van der Waals surface area contributed by atoms with E-state index in [1.807, 2.05) is 0 Å². The number of aromatic nitrogens is 1. The van der Waals surface area contributed by atoms with Crippen LogP contribution in [0.3, 0.4) is 0 Å². The summed E-state index contributed by atoms with van der Waals surface area (Å²) < 4.78 is 0. The van der Waals surface area contributed by atoms with Crippen LogP contribution in [0.2, 0.25) is 0 Å². The summed E-state index contributed by atoms with van der Waals surface area (Å²) in [4.78, 5) is 36.5. The maximum atomic E-state index is 11.1. The van der Waals surface area contributed by atoms with Crippen LogP contribution >= 0.6 is 0 Å². The maximum absolute atomic E-state index is 11.1. The number of hydrogen-bond donors (Lipinski definition) is 3. The first-order valence-corrected chi connectivity index (χ1v) is 5.04. The average molecular weight is 261 g/mol. The number of pyridine rings is 1. The molecule has 0 saturated heterocycles. The molecule has 0 radical (unpaired) electrons. The molecule has 0 aliphatic rings. The van der Waals surface area contributed by atoms with Gasteiger partial charge in [0.25, 0.3) is 0 Å². The van der Waals surface area contributed by atoms with Crippen LogP contribution in [0.1, 0.15) is 31.1 Å². The van der Waals surface area contributed by atoms with E-state index in [2.05, 4.69) is 4.98 Å². The molecule has 1 aromatic heterocycles. The summed E-state index contributed by atoms with van der Waals surface area (Å²) in [6.07, 6.45) is 1.03. The third-order valence-corrected chi connectivity index (χ3v) is 2.51. The summed E-state index contributed by atoms with van der Waals surface area (Å²) in [5.41, 5.74) is -0.630. The molecule has 0 saturated carbocycles. The molecule has 3 N–H and O–H groups in total. The van der Waals surface area contributed by atoms with Gasteiger partial charge in [0.15, 0.2) is 0 Å². The van der Waals surface area contributed by atoms with Crippen LogP contribution in [0.25, 0.3) is 10.9 Å². The van der Waals surface area contributed by atoms with Crippen LogP contribution in [-0.4, -0.2) is 38.2 Å². The molecule has 0 atom stereocenters. The molecule has 0 aliphatic heterocycles. The summed E-state index contributed by atoms with van der Waals surface area (Å²) in [6, 6.07) is 3.35. The molecular formula is C12H7NO6. The molecule has 0 aliphatic carbocycles. The molecule has 2 aromatic rings. The van der Waals surface area contributed by atoms with Gasteiger partial charge in [-0.2, -0.15) is 0 Å². The molecular weight excluding hydrogens is 254 g/mol. The summed E-state index contributed by atoms with van der Waals surface area (Å²) >= 11 is 0. The fraction of sp³-hybridized carbons (Fsp3) is 0. The second-order valence-electron chi connectivity index (χ2n) is 3.73. The normalized spacial score (nSPS) is 10.3. The van der Waals surface area contributed by atoms with Crippen molar-refractivity contribution in [1.82, 2.24) is 4.98 Å². The molecule has 7 heteroatoms. The van der Waals surface area contributed by atoms with Gasteiger partial charge >= 0.3 is 17.9 Å². The highest BCUT2D eigenvalue weighted by Gasteiger charge is 2.16. The minimum atomic E-state index is -1.33. The van der Waals surface area contributed by atoms with Crippen molar-refractivity contribution in [3.05, 3.63) is 41.1 Å². The Labute approximate surface area is 105 Å². The highest BCUT2D eigenvalue weighted by atomic mass is 16.4. The second-order valence-corrected chi connectivity index (χ2v) is 3.73. The maximum Gasteiger partial charge on any atom is 0.337 e. The van der Waals surface area contributed by atoms with Crippen molar-refractivity contribution in [3.8, 4) is 0 Å². The molecule has 0 unspecified atom stereocenters. The van der Waals surface area contributed by atoms with Crippen LogP contribution in [0.15, 0.2) is 24.4 Å². The largest absolute Gasteiger partial charge is 0.478 e. The Morgan fingerprint density at radius 2 is 1.42 bits per heavy atom. The van der Waals surface area contributed by atoms with Crippen molar-refractivity contribution in [2.24, 2.45) is 0 Å². The van der Waals surface area contributed by atoms with Gasteiger partial charge in [-0.3, -0.25) is 4.98 Å². The highest BCUT2D eigenvalue weighted by Crippen LogP contribution is 2.21. The fourth-order valence-corrected chi connectivity index (χ4v) is 1.65. The molecule has 0 amide bonds. The number of carboxylic acid groups (broad SMARTS) is 3. The molecule has 7 nitrogen and oxygen atoms in total. The lowest BCUT2D eigenvalue weighted by molar-refractivity contribution is 0.0684. The van der Waals surface area contributed by atoms with E-state index in [4.69, 9.17) is 15.3 Å². The zero-order chi connectivity index (χ0) is 14.2. The van der Waals surface area contributed by atoms with E-state index >= 15 is 0 Å². The Kier molecular flexibility index (Phi) is 2.88. The van der Waals surface area contributed by atoms with Gasteiger partial charge in [-0.05, 0) is 18.2 Å². The lowest BCUT2D eigenvalue weighted by Gasteiger charge is -2.05. The van der Waals surface area contributed by atoms with Gasteiger partial charge in [0.05, 0.1) is 22.2 Å². The van der Waals surface area contributed by atoms with E-state index in [0.717, 1.165) is 12.3 Å². The zero-order valence-electron chi connectivity index (χ0n) is 9.32. The van der Waals surface area contributed by atoms with E-state index < -0.39 is 17.9 Å². The van der Waals surface area contributed by atoms with Gasteiger partial charge in [-0.15, -0.1) is 0 Å². The van der Waals surface area contributed by atoms with Crippen molar-refractivity contribution in [2.75, 3.05) is 0 Å². The number of hydrogen-bond acceptors (Lipinski definition) is 4. The molecule has 2 rings (SSSR count). The Morgan fingerprint density at radius 3 is 1.95 bits per heavy atom. The number of nitrogens with zero attached hydrogens (tertiary/aromatic N) is 1. The van der Waals surface area contributed by atoms with E-state index in [1.165, 1.54) is 12.1 Å². The number of carbonyl (C=O) groups is 3. The van der Waals surface area contributed by atoms with Crippen molar-refractivity contribution in [1.29, 1.82) is 0 Å². The number of rotatable bonds is 3. The van der Waals surface area contributed by atoms with Gasteiger partial charge in [0.1, 0.15) is 0 Å². The Hall–Kier alpha value is -2.96. The van der Waals surface area contributed by atoms with Crippen LogP contribution in [0, 0.1) is 0 Å². The predicted molar refractivity (Wildman–Crippen MR) is 62.6 cm³/mol. The number of fused-ring (bicyclic) bond motifs is 1. The Bertz CT molecular complexity index is 716. The first-order valence-electron chi connectivity index (χ1n) is 5.04. The van der Waals surface area contributed by atoms with Gasteiger partial charge in [-0.25, -0.2) is 14.4 Å². The molecule has 19 heavy (non-hydrogen) atoms. The highest BCUT2D eigenvalue weighted by molar-refractivity contribution is 6.06. The zero-order valence-corrected chi connectivity index (χ0v) is 9.32. The lowest BCUT2D eigenvalue weighted by atomic mass is 10.0. The van der Waals surface area contributed by atoms with E-state index in [1.54, 1.807) is 0 Å². The molecule has 0 bridgehead atoms. The smallest absolute Gasteiger partial charge is 0.337 e. The monoisotopic (exact) mass is 261 g/mol. The SMILES string of the molecule is O=C(O)c1cnc2c(C(=O)O)cc(C(=O)O)cc2c1. The fourth-order valence-electron chi connectivity index (χ4n) is 1.65. The van der Waals surface area contributed by atoms with E-state index in [-0.39, 0.29) is 27.6 Å². The van der Waals surface area contributed by atoms with Crippen LogP contribution in [0.4, 0.5) is 0 Å². The Morgan fingerprint density at radius 1 is 0.842 bits per heavy atom. The topological polar surface area (TPSA) is 125 Å². The van der Waals surface area contributed by atoms with Crippen LogP contribution in [-0.2, 0) is 0 Å². The Balaban J connectivity index is 2.83. The van der Waals surface area contributed by atoms with Gasteiger partial charge in [0, 0.05) is 11.6 Å². The standard InChI is InChI=1S/C12H7NO6/c14-10(15)6-1-5-2-7(11(16)17)4-13-9(5)8(3-6)12(18)19/h1-4H,(H,14,15)(H,16,17)(H,18,19). The summed E-state index contributed by atoms with van der Waals surface area (Å²) in [7, 11) is 0. The number of aromatic carboxylic acids is 3. The molecule has 1 heterocycles. The van der Waals surface area contributed by atoms with Crippen molar-refractivity contribution in [3.63, 3.8) is 0 Å². The van der Waals surface area contributed by atoms with Crippen LogP contribution in [0.5, 0.6) is 0 Å². The third-order valence-electron chi connectivity index (χ3n) is 2.51. The average Bonchev–Trinajstić information content (AvgIpc) is 2.36. The molecule has 1 aromatic carbocycles. The molecule has 0 fully saturated rings. The lowest BCUT2D eigenvalue weighted by Crippen LogP contribution is -2.05. The first kappa shape index (κ1) is 12.5. The van der Waals surface area contributed by atoms with Gasteiger partial charge in [-0.1, -0.05) is 0 Å². The van der Waals surface area contributed by atoms with Crippen molar-refractivity contribution >= 4 is 28.8 Å². The van der Waals surface area contributed by atoms with Gasteiger partial charge < -0.3 is 15.3 Å². The van der Waals surface area contributed by atoms with Crippen LogP contribution < -0.4 is 0 Å². The minimum absolute atomic E-state index is 0.0440. The van der Waals surface area contributed by atoms with Crippen molar-refractivity contribution < 1.29 is 29.7 Å². The first-order chi connectivity index (χ1) is 8.90. The van der Waals surface area contributed by atoms with Crippen molar-refractivity contribution in [2.45, 2.75) is 0 Å². The number of benzene rings is 1. The quantitative estimate of drug-likeness (QED) is 0.760. The molecule has 0 spiro atoms. The third kappa shape index (κ3) is 2.21. The van der Waals surface area contributed by atoms with Gasteiger partial charge in [0.2, 0.25) is 0 Å². The molecule has 96 valence electrons. The number of carboxylic acids is 3. The summed E-state index contributed by atoms with van der Waals surface area (Å²) in [5, 5.41) is 26.9. The summed E-state index contributed by atoms with van der Waals surface area (Å²) in [6.45, 7) is 0. The van der Waals surface area contributed by atoms with E-state index in [0.29, 0.717) is 0 Å².